The standard InChI is InChI=1S/C13H23N/c1-6-9-14-13(12(5)8-3)10-11(4)7-2/h6,9,11H,1,7-8,10H2,2-5H3/b13-12+,14-9?. The lowest BCUT2D eigenvalue weighted by Gasteiger charge is -2.11. The third-order valence-electron chi connectivity index (χ3n) is 2.60. The molecule has 0 fully saturated rings. The Bertz CT molecular complexity index is 223. The topological polar surface area (TPSA) is 12.4 Å². The smallest absolute Gasteiger partial charge is 0.0395 e. The summed E-state index contributed by atoms with van der Waals surface area (Å²) < 4.78 is 0. The highest BCUT2D eigenvalue weighted by Crippen LogP contribution is 2.20. The van der Waals surface area contributed by atoms with Gasteiger partial charge in [0.25, 0.3) is 0 Å². The van der Waals surface area contributed by atoms with Crippen molar-refractivity contribution in [3.63, 3.8) is 0 Å². The molecule has 0 spiro atoms. The summed E-state index contributed by atoms with van der Waals surface area (Å²) in [5.74, 6) is 0.716. The summed E-state index contributed by atoms with van der Waals surface area (Å²) in [5.41, 5.74) is 2.63. The van der Waals surface area contributed by atoms with Gasteiger partial charge in [-0.05, 0) is 25.7 Å². The molecule has 1 atom stereocenters. The fourth-order valence-corrected chi connectivity index (χ4v) is 1.16. The summed E-state index contributed by atoms with van der Waals surface area (Å²) in [4.78, 5) is 4.44. The Labute approximate surface area is 88.6 Å². The van der Waals surface area contributed by atoms with Crippen molar-refractivity contribution in [3.05, 3.63) is 23.9 Å². The van der Waals surface area contributed by atoms with Crippen LogP contribution in [0.5, 0.6) is 0 Å². The highest BCUT2D eigenvalue weighted by molar-refractivity contribution is 5.71. The van der Waals surface area contributed by atoms with Crippen LogP contribution in [0.15, 0.2) is 28.9 Å². The van der Waals surface area contributed by atoms with Gasteiger partial charge in [-0.15, -0.1) is 0 Å². The van der Waals surface area contributed by atoms with E-state index in [1.165, 1.54) is 17.7 Å². The Morgan fingerprint density at radius 3 is 2.50 bits per heavy atom. The molecule has 0 aromatic carbocycles. The van der Waals surface area contributed by atoms with E-state index in [1.807, 2.05) is 0 Å². The van der Waals surface area contributed by atoms with Gasteiger partial charge in [-0.2, -0.15) is 0 Å². The Hall–Kier alpha value is -0.850. The molecule has 14 heavy (non-hydrogen) atoms. The minimum absolute atomic E-state index is 0.716. The van der Waals surface area contributed by atoms with Crippen LogP contribution in [0.3, 0.4) is 0 Å². The third-order valence-corrected chi connectivity index (χ3v) is 2.60. The summed E-state index contributed by atoms with van der Waals surface area (Å²) in [5, 5.41) is 0. The molecule has 0 aliphatic heterocycles. The fraction of sp³-hybridized carbons (Fsp3) is 0.615. The summed E-state index contributed by atoms with van der Waals surface area (Å²) in [6, 6.07) is 0. The zero-order chi connectivity index (χ0) is 11.0. The van der Waals surface area contributed by atoms with Crippen molar-refractivity contribution in [2.75, 3.05) is 0 Å². The molecule has 0 amide bonds. The van der Waals surface area contributed by atoms with Gasteiger partial charge in [0.15, 0.2) is 0 Å². The van der Waals surface area contributed by atoms with Crippen molar-refractivity contribution in [1.29, 1.82) is 0 Å². The van der Waals surface area contributed by atoms with Crippen molar-refractivity contribution < 1.29 is 0 Å². The summed E-state index contributed by atoms with van der Waals surface area (Å²) in [6.45, 7) is 12.5. The Morgan fingerprint density at radius 1 is 1.43 bits per heavy atom. The van der Waals surface area contributed by atoms with Gasteiger partial charge < -0.3 is 0 Å². The van der Waals surface area contributed by atoms with Crippen LogP contribution >= 0.6 is 0 Å². The van der Waals surface area contributed by atoms with Crippen LogP contribution in [0.25, 0.3) is 0 Å². The van der Waals surface area contributed by atoms with E-state index < -0.39 is 0 Å². The molecule has 0 heterocycles. The summed E-state index contributed by atoms with van der Waals surface area (Å²) >= 11 is 0. The van der Waals surface area contributed by atoms with E-state index in [1.54, 1.807) is 12.3 Å². The van der Waals surface area contributed by atoms with Crippen LogP contribution in [-0.2, 0) is 0 Å². The zero-order valence-electron chi connectivity index (χ0n) is 10.0. The van der Waals surface area contributed by atoms with Gasteiger partial charge in [0.2, 0.25) is 0 Å². The highest BCUT2D eigenvalue weighted by atomic mass is 14.7. The number of hydrogen-bond donors (Lipinski definition) is 0. The minimum Gasteiger partial charge on any atom is -0.261 e. The first-order valence-electron chi connectivity index (χ1n) is 5.49. The molecule has 0 aromatic heterocycles. The number of hydrogen-bond acceptors (Lipinski definition) is 1. The molecule has 0 N–H and O–H groups in total. The van der Waals surface area contributed by atoms with Crippen LogP contribution in [0.1, 0.15) is 47.0 Å². The SMILES string of the molecule is C=CC=N/C(CC(C)CC)=C(\C)CC. The van der Waals surface area contributed by atoms with E-state index in [-0.39, 0.29) is 0 Å². The molecule has 80 valence electrons. The summed E-state index contributed by atoms with van der Waals surface area (Å²) in [7, 11) is 0. The molecular formula is C13H23N. The van der Waals surface area contributed by atoms with Crippen LogP contribution in [0.2, 0.25) is 0 Å². The number of allylic oxidation sites excluding steroid dienone is 3. The Kier molecular flexibility index (Phi) is 7.09. The van der Waals surface area contributed by atoms with E-state index in [0.717, 1.165) is 12.8 Å². The van der Waals surface area contributed by atoms with Crippen molar-refractivity contribution >= 4 is 6.21 Å². The Balaban J connectivity index is 4.56. The van der Waals surface area contributed by atoms with Crippen molar-refractivity contribution in [3.8, 4) is 0 Å². The van der Waals surface area contributed by atoms with Gasteiger partial charge in [0.05, 0.1) is 0 Å². The quantitative estimate of drug-likeness (QED) is 0.556. The fourth-order valence-electron chi connectivity index (χ4n) is 1.16. The molecule has 1 nitrogen and oxygen atoms in total. The van der Waals surface area contributed by atoms with E-state index in [2.05, 4.69) is 39.3 Å². The van der Waals surface area contributed by atoms with E-state index in [9.17, 15) is 0 Å². The maximum atomic E-state index is 4.44. The molecule has 0 aliphatic carbocycles. The van der Waals surface area contributed by atoms with Crippen LogP contribution in [0, 0.1) is 5.92 Å². The largest absolute Gasteiger partial charge is 0.261 e. The molecule has 0 radical (unpaired) electrons. The molecule has 0 aliphatic rings. The van der Waals surface area contributed by atoms with Crippen LogP contribution in [0.4, 0.5) is 0 Å². The first-order valence-corrected chi connectivity index (χ1v) is 5.49. The van der Waals surface area contributed by atoms with Gasteiger partial charge in [-0.1, -0.05) is 45.4 Å². The normalized spacial score (nSPS) is 15.4. The molecule has 0 rings (SSSR count). The van der Waals surface area contributed by atoms with Crippen molar-refractivity contribution in [1.82, 2.24) is 0 Å². The second-order valence-electron chi connectivity index (χ2n) is 3.81. The van der Waals surface area contributed by atoms with E-state index >= 15 is 0 Å². The average molecular weight is 193 g/mol. The summed E-state index contributed by atoms with van der Waals surface area (Å²) in [6.07, 6.45) is 6.90. The van der Waals surface area contributed by atoms with Gasteiger partial charge in [-0.25, -0.2) is 0 Å². The molecule has 1 heteroatoms. The predicted octanol–water partition coefficient (Wildman–Crippen LogP) is 4.36. The zero-order valence-corrected chi connectivity index (χ0v) is 10.0. The maximum absolute atomic E-state index is 4.44. The molecule has 0 bridgehead atoms. The lowest BCUT2D eigenvalue weighted by atomic mass is 10.00. The van der Waals surface area contributed by atoms with Gasteiger partial charge >= 0.3 is 0 Å². The molecule has 1 unspecified atom stereocenters. The van der Waals surface area contributed by atoms with Crippen LogP contribution in [-0.4, -0.2) is 6.21 Å². The first kappa shape index (κ1) is 13.2. The number of rotatable bonds is 6. The van der Waals surface area contributed by atoms with Crippen molar-refractivity contribution in [2.24, 2.45) is 10.9 Å². The van der Waals surface area contributed by atoms with Crippen molar-refractivity contribution in [2.45, 2.75) is 47.0 Å². The Morgan fingerprint density at radius 2 is 2.07 bits per heavy atom. The predicted molar refractivity (Wildman–Crippen MR) is 65.8 cm³/mol. The highest BCUT2D eigenvalue weighted by Gasteiger charge is 2.04. The lowest BCUT2D eigenvalue weighted by molar-refractivity contribution is 0.551. The van der Waals surface area contributed by atoms with E-state index in [4.69, 9.17) is 0 Å². The second-order valence-corrected chi connectivity index (χ2v) is 3.81. The van der Waals surface area contributed by atoms with Gasteiger partial charge in [0, 0.05) is 11.9 Å². The van der Waals surface area contributed by atoms with E-state index in [0.29, 0.717) is 5.92 Å². The van der Waals surface area contributed by atoms with Gasteiger partial charge in [0.1, 0.15) is 0 Å². The minimum atomic E-state index is 0.716. The first-order chi connectivity index (χ1) is 6.65. The number of nitrogens with zero attached hydrogens (tertiary/aromatic N) is 1. The number of aliphatic imine (C=N–C) groups is 1. The monoisotopic (exact) mass is 193 g/mol. The second kappa shape index (κ2) is 7.54. The molecule has 0 saturated heterocycles. The third kappa shape index (κ3) is 5.00. The van der Waals surface area contributed by atoms with Crippen LogP contribution < -0.4 is 0 Å². The maximum Gasteiger partial charge on any atom is 0.0395 e. The lowest BCUT2D eigenvalue weighted by Crippen LogP contribution is -1.96. The van der Waals surface area contributed by atoms with Gasteiger partial charge in [-0.3, -0.25) is 4.99 Å². The molecule has 0 saturated carbocycles. The molecular weight excluding hydrogens is 170 g/mol. The average Bonchev–Trinajstić information content (AvgIpc) is 2.22. The molecule has 0 aromatic rings.